The number of carbonyl (C=O) groups excluding carboxylic acids is 2. The molecule has 2 amide bonds. The van der Waals surface area contributed by atoms with Crippen molar-refractivity contribution in [3.05, 3.63) is 70.7 Å². The zero-order valence-electron chi connectivity index (χ0n) is 16.6. The Morgan fingerprint density at radius 2 is 1.62 bits per heavy atom. The zero-order valence-corrected chi connectivity index (χ0v) is 17.3. The van der Waals surface area contributed by atoms with Crippen LogP contribution < -0.4 is 5.32 Å². The van der Waals surface area contributed by atoms with Crippen molar-refractivity contribution in [2.24, 2.45) is 0 Å². The summed E-state index contributed by atoms with van der Waals surface area (Å²) >= 11 is 6.04. The highest BCUT2D eigenvalue weighted by molar-refractivity contribution is 6.30. The van der Waals surface area contributed by atoms with Gasteiger partial charge in [-0.05, 0) is 48.9 Å². The third-order valence-corrected chi connectivity index (χ3v) is 6.59. The normalized spacial score (nSPS) is 18.7. The van der Waals surface area contributed by atoms with Gasteiger partial charge in [0.25, 0.3) is 0 Å². The van der Waals surface area contributed by atoms with Crippen LogP contribution in [0.3, 0.4) is 0 Å². The molecule has 2 aliphatic rings. The minimum Gasteiger partial charge on any atom is -0.343 e. The van der Waals surface area contributed by atoms with Crippen LogP contribution in [0.25, 0.3) is 0 Å². The van der Waals surface area contributed by atoms with E-state index < -0.39 is 11.5 Å². The van der Waals surface area contributed by atoms with E-state index in [4.69, 9.17) is 11.6 Å². The molecule has 152 valence electrons. The number of hydrogen-bond donors (Lipinski definition) is 1. The molecule has 1 heterocycles. The van der Waals surface area contributed by atoms with Crippen LogP contribution in [-0.4, -0.2) is 35.8 Å². The van der Waals surface area contributed by atoms with Crippen molar-refractivity contribution in [1.82, 2.24) is 10.2 Å². The van der Waals surface area contributed by atoms with E-state index in [0.29, 0.717) is 11.4 Å². The number of halogens is 1. The molecule has 1 unspecified atom stereocenters. The van der Waals surface area contributed by atoms with Crippen LogP contribution in [0.4, 0.5) is 0 Å². The van der Waals surface area contributed by atoms with E-state index in [1.807, 2.05) is 59.5 Å². The molecule has 0 spiro atoms. The predicted molar refractivity (Wildman–Crippen MR) is 115 cm³/mol. The van der Waals surface area contributed by atoms with Crippen LogP contribution in [0.1, 0.15) is 43.2 Å². The second kappa shape index (κ2) is 8.58. The second-order valence-electron chi connectivity index (χ2n) is 8.19. The van der Waals surface area contributed by atoms with Gasteiger partial charge in [0.1, 0.15) is 6.04 Å². The number of nitrogens with zero attached hydrogens (tertiary/aromatic N) is 1. The Labute approximate surface area is 177 Å². The fourth-order valence-electron chi connectivity index (χ4n) is 4.45. The first-order valence-electron chi connectivity index (χ1n) is 10.5. The van der Waals surface area contributed by atoms with Crippen LogP contribution in [0.5, 0.6) is 0 Å². The first-order chi connectivity index (χ1) is 14.1. The molecule has 1 atom stereocenters. The van der Waals surface area contributed by atoms with Gasteiger partial charge in [0.15, 0.2) is 0 Å². The van der Waals surface area contributed by atoms with Crippen LogP contribution >= 0.6 is 11.6 Å². The van der Waals surface area contributed by atoms with Crippen molar-refractivity contribution in [2.45, 2.75) is 50.0 Å². The first-order valence-corrected chi connectivity index (χ1v) is 10.9. The molecule has 5 heteroatoms. The minimum absolute atomic E-state index is 0.0327. The molecule has 29 heavy (non-hydrogen) atoms. The Morgan fingerprint density at radius 3 is 2.21 bits per heavy atom. The molecule has 1 aliphatic heterocycles. The number of carbonyl (C=O) groups is 2. The van der Waals surface area contributed by atoms with Crippen LogP contribution in [0.15, 0.2) is 54.6 Å². The quantitative estimate of drug-likeness (QED) is 0.779. The van der Waals surface area contributed by atoms with Gasteiger partial charge in [-0.3, -0.25) is 9.59 Å². The highest BCUT2D eigenvalue weighted by Gasteiger charge is 2.46. The van der Waals surface area contributed by atoms with E-state index >= 15 is 0 Å². The summed E-state index contributed by atoms with van der Waals surface area (Å²) in [6.07, 6.45) is 5.20. The lowest BCUT2D eigenvalue weighted by Gasteiger charge is -2.41. The van der Waals surface area contributed by atoms with Crippen molar-refractivity contribution in [1.29, 1.82) is 0 Å². The molecule has 1 saturated heterocycles. The van der Waals surface area contributed by atoms with Crippen molar-refractivity contribution in [3.8, 4) is 0 Å². The number of hydrogen-bond acceptors (Lipinski definition) is 2. The molecule has 2 aromatic carbocycles. The molecule has 4 nitrogen and oxygen atoms in total. The molecule has 2 aromatic rings. The van der Waals surface area contributed by atoms with Gasteiger partial charge >= 0.3 is 0 Å². The average Bonchev–Trinajstić information content (AvgIpc) is 3.23. The fourth-order valence-corrected chi connectivity index (χ4v) is 4.58. The maximum atomic E-state index is 13.4. The third kappa shape index (κ3) is 4.18. The maximum absolute atomic E-state index is 13.4. The molecule has 2 fully saturated rings. The predicted octanol–water partition coefficient (Wildman–Crippen LogP) is 4.11. The summed E-state index contributed by atoms with van der Waals surface area (Å²) in [5.74, 6) is -0.00941. The van der Waals surface area contributed by atoms with Gasteiger partial charge in [0.05, 0.1) is 5.41 Å². The summed E-state index contributed by atoms with van der Waals surface area (Å²) in [4.78, 5) is 28.5. The lowest BCUT2D eigenvalue weighted by molar-refractivity contribution is -0.138. The molecule has 0 bridgehead atoms. The monoisotopic (exact) mass is 410 g/mol. The highest BCUT2D eigenvalue weighted by Crippen LogP contribution is 2.44. The average molecular weight is 411 g/mol. The molecule has 0 radical (unpaired) electrons. The zero-order chi connectivity index (χ0) is 20.3. The summed E-state index contributed by atoms with van der Waals surface area (Å²) < 4.78 is 0. The van der Waals surface area contributed by atoms with E-state index in [1.54, 1.807) is 0 Å². The summed E-state index contributed by atoms with van der Waals surface area (Å²) in [5.41, 5.74) is 1.49. The highest BCUT2D eigenvalue weighted by atomic mass is 35.5. The lowest BCUT2D eigenvalue weighted by atomic mass is 9.63. The molecule has 1 saturated carbocycles. The fraction of sp³-hybridized carbons (Fsp3) is 0.417. The minimum atomic E-state index is -0.551. The van der Waals surface area contributed by atoms with E-state index in [2.05, 4.69) is 5.32 Å². The smallest absolute Gasteiger partial charge is 0.245 e. The number of benzene rings is 2. The van der Waals surface area contributed by atoms with Crippen LogP contribution in [0, 0.1) is 0 Å². The molecule has 4 rings (SSSR count). The number of nitrogens with one attached hydrogen (secondary N) is 1. The van der Waals surface area contributed by atoms with Gasteiger partial charge < -0.3 is 10.2 Å². The van der Waals surface area contributed by atoms with Gasteiger partial charge in [-0.1, -0.05) is 60.5 Å². The first kappa shape index (κ1) is 20.0. The van der Waals surface area contributed by atoms with Crippen molar-refractivity contribution in [3.63, 3.8) is 0 Å². The lowest BCUT2D eigenvalue weighted by Crippen LogP contribution is -2.56. The van der Waals surface area contributed by atoms with E-state index in [0.717, 1.165) is 56.3 Å². The maximum Gasteiger partial charge on any atom is 0.245 e. The SMILES string of the molecule is O=C(C(Cc1ccccc1)NC(=O)C1(c2ccc(Cl)cc2)CCC1)N1CCCC1. The Balaban J connectivity index is 1.56. The molecule has 0 aromatic heterocycles. The number of rotatable bonds is 6. The van der Waals surface area contributed by atoms with Gasteiger partial charge in [-0.25, -0.2) is 0 Å². The van der Waals surface area contributed by atoms with Gasteiger partial charge in [-0.2, -0.15) is 0 Å². The summed E-state index contributed by atoms with van der Waals surface area (Å²) in [6.45, 7) is 1.56. The second-order valence-corrected chi connectivity index (χ2v) is 8.63. The Morgan fingerprint density at radius 1 is 0.966 bits per heavy atom. The summed E-state index contributed by atoms with van der Waals surface area (Å²) in [5, 5.41) is 3.80. The molecular weight excluding hydrogens is 384 g/mol. The third-order valence-electron chi connectivity index (χ3n) is 6.34. The van der Waals surface area contributed by atoms with E-state index in [-0.39, 0.29) is 11.8 Å². The standard InChI is InChI=1S/C24H27ClN2O2/c25-20-11-9-19(10-12-20)24(13-6-14-24)23(29)26-21(17-18-7-2-1-3-8-18)22(28)27-15-4-5-16-27/h1-3,7-12,21H,4-6,13-17H2,(H,26,29). The van der Waals surface area contributed by atoms with Crippen molar-refractivity contribution >= 4 is 23.4 Å². The topological polar surface area (TPSA) is 49.4 Å². The molecular formula is C24H27ClN2O2. The Kier molecular flexibility index (Phi) is 5.91. The Bertz CT molecular complexity index is 856. The van der Waals surface area contributed by atoms with Crippen molar-refractivity contribution < 1.29 is 9.59 Å². The van der Waals surface area contributed by atoms with Crippen LogP contribution in [0.2, 0.25) is 5.02 Å². The number of amides is 2. The number of likely N-dealkylation sites (tertiary alicyclic amines) is 1. The van der Waals surface area contributed by atoms with Crippen LogP contribution in [-0.2, 0) is 21.4 Å². The van der Waals surface area contributed by atoms with E-state index in [9.17, 15) is 9.59 Å². The summed E-state index contributed by atoms with van der Waals surface area (Å²) in [7, 11) is 0. The van der Waals surface area contributed by atoms with Crippen molar-refractivity contribution in [2.75, 3.05) is 13.1 Å². The largest absolute Gasteiger partial charge is 0.343 e. The Hall–Kier alpha value is -2.33. The van der Waals surface area contributed by atoms with Gasteiger partial charge in [-0.15, -0.1) is 0 Å². The van der Waals surface area contributed by atoms with Gasteiger partial charge in [0, 0.05) is 24.5 Å². The van der Waals surface area contributed by atoms with E-state index in [1.165, 1.54) is 0 Å². The molecule has 1 N–H and O–H groups in total. The summed E-state index contributed by atoms with van der Waals surface area (Å²) in [6, 6.07) is 16.9. The molecule has 1 aliphatic carbocycles. The van der Waals surface area contributed by atoms with Gasteiger partial charge in [0.2, 0.25) is 11.8 Å².